The van der Waals surface area contributed by atoms with Crippen molar-refractivity contribution < 1.29 is 24.2 Å². The fraction of sp³-hybridized carbons (Fsp3) is 0.381. The molecule has 0 saturated carbocycles. The molecule has 1 aliphatic rings. The average molecular weight is 466 g/mol. The Morgan fingerprint density at radius 2 is 1.97 bits per heavy atom. The van der Waals surface area contributed by atoms with Crippen molar-refractivity contribution in [1.29, 1.82) is 0 Å². The smallest absolute Gasteiger partial charge is 0.350 e. The van der Waals surface area contributed by atoms with Crippen molar-refractivity contribution in [3.63, 3.8) is 0 Å². The van der Waals surface area contributed by atoms with Crippen molar-refractivity contribution in [2.24, 2.45) is 5.92 Å². The summed E-state index contributed by atoms with van der Waals surface area (Å²) < 4.78 is 4.69. The Balaban J connectivity index is 1.53. The summed E-state index contributed by atoms with van der Waals surface area (Å²) in [6.45, 7) is 3.15. The van der Waals surface area contributed by atoms with Crippen molar-refractivity contribution >= 4 is 52.2 Å². The molecule has 1 aromatic heterocycles. The van der Waals surface area contributed by atoms with Crippen LogP contribution in [0.1, 0.15) is 16.1 Å². The quantitative estimate of drug-likeness (QED) is 0.578. The minimum Gasteiger partial charge on any atom is -0.481 e. The zero-order valence-corrected chi connectivity index (χ0v) is 18.6. The second kappa shape index (κ2) is 10.6. The lowest BCUT2D eigenvalue weighted by molar-refractivity contribution is -0.144. The molecule has 1 aromatic carbocycles. The van der Waals surface area contributed by atoms with Crippen LogP contribution in [0.25, 0.3) is 0 Å². The number of piperazine rings is 1. The number of amides is 1. The van der Waals surface area contributed by atoms with Crippen LogP contribution in [0.3, 0.4) is 0 Å². The predicted molar refractivity (Wildman–Crippen MR) is 120 cm³/mol. The number of halogens is 1. The molecule has 1 amide bonds. The molecule has 2 heterocycles. The standard InChI is InChI=1S/C21H24ClN3O5S/c1-30-21(29)19-17(5-10-31-19)23-18(26)11-14(20(27)28)13-24-6-8-25(9-7-24)16-4-2-3-15(22)12-16/h2-5,10,12,14H,6-9,11,13H2,1H3,(H,23,26)(H,27,28)/t14-/m0/s1. The van der Waals surface area contributed by atoms with Crippen molar-refractivity contribution in [2.75, 3.05) is 50.1 Å². The van der Waals surface area contributed by atoms with Gasteiger partial charge in [-0.1, -0.05) is 17.7 Å². The van der Waals surface area contributed by atoms with Crippen molar-refractivity contribution in [2.45, 2.75) is 6.42 Å². The highest BCUT2D eigenvalue weighted by Crippen LogP contribution is 2.24. The molecule has 166 valence electrons. The summed E-state index contributed by atoms with van der Waals surface area (Å²) in [5.41, 5.74) is 1.37. The molecule has 10 heteroatoms. The zero-order chi connectivity index (χ0) is 22.4. The Hall–Kier alpha value is -2.62. The summed E-state index contributed by atoms with van der Waals surface area (Å²) >= 11 is 7.22. The number of methoxy groups -OCH3 is 1. The third kappa shape index (κ3) is 6.19. The van der Waals surface area contributed by atoms with Crippen molar-refractivity contribution in [1.82, 2.24) is 4.90 Å². The highest BCUT2D eigenvalue weighted by molar-refractivity contribution is 7.12. The number of hydrogen-bond acceptors (Lipinski definition) is 7. The largest absolute Gasteiger partial charge is 0.481 e. The number of nitrogens with zero attached hydrogens (tertiary/aromatic N) is 2. The number of ether oxygens (including phenoxy) is 1. The van der Waals surface area contributed by atoms with Crippen LogP contribution in [0, 0.1) is 5.92 Å². The van der Waals surface area contributed by atoms with Gasteiger partial charge in [-0.3, -0.25) is 14.5 Å². The Morgan fingerprint density at radius 1 is 1.23 bits per heavy atom. The van der Waals surface area contributed by atoms with Crippen LogP contribution in [-0.2, 0) is 14.3 Å². The Kier molecular flexibility index (Phi) is 7.89. The molecule has 2 aromatic rings. The fourth-order valence-electron chi connectivity index (χ4n) is 3.49. The molecule has 31 heavy (non-hydrogen) atoms. The number of carboxylic acids is 1. The second-order valence-electron chi connectivity index (χ2n) is 7.21. The van der Waals surface area contributed by atoms with Gasteiger partial charge in [0.1, 0.15) is 4.88 Å². The molecule has 0 unspecified atom stereocenters. The molecule has 8 nitrogen and oxygen atoms in total. The Morgan fingerprint density at radius 3 is 2.61 bits per heavy atom. The van der Waals surface area contributed by atoms with E-state index in [1.165, 1.54) is 7.11 Å². The number of rotatable bonds is 8. The number of aliphatic carboxylic acids is 1. The molecule has 0 radical (unpaired) electrons. The van der Waals surface area contributed by atoms with Crippen molar-refractivity contribution in [3.05, 3.63) is 45.6 Å². The van der Waals surface area contributed by atoms with Gasteiger partial charge < -0.3 is 20.1 Å². The van der Waals surface area contributed by atoms with Gasteiger partial charge in [0, 0.05) is 49.9 Å². The molecule has 3 rings (SSSR count). The summed E-state index contributed by atoms with van der Waals surface area (Å²) in [6, 6.07) is 9.24. The highest BCUT2D eigenvalue weighted by atomic mass is 35.5. The van der Waals surface area contributed by atoms with Gasteiger partial charge in [0.05, 0.1) is 18.7 Å². The van der Waals surface area contributed by atoms with Crippen LogP contribution in [-0.4, -0.2) is 67.7 Å². The van der Waals surface area contributed by atoms with Crippen LogP contribution in [0.5, 0.6) is 0 Å². The third-order valence-electron chi connectivity index (χ3n) is 5.12. The number of benzene rings is 1. The molecule has 0 bridgehead atoms. The molecular weight excluding hydrogens is 442 g/mol. The van der Waals surface area contributed by atoms with E-state index in [-0.39, 0.29) is 17.8 Å². The van der Waals surface area contributed by atoms with E-state index in [1.54, 1.807) is 11.4 Å². The molecule has 0 spiro atoms. The summed E-state index contributed by atoms with van der Waals surface area (Å²) in [5.74, 6) is -2.87. The summed E-state index contributed by atoms with van der Waals surface area (Å²) in [5, 5.41) is 14.6. The first-order valence-electron chi connectivity index (χ1n) is 9.78. The first-order valence-corrected chi connectivity index (χ1v) is 11.0. The maximum Gasteiger partial charge on any atom is 0.350 e. The lowest BCUT2D eigenvalue weighted by atomic mass is 10.0. The van der Waals surface area contributed by atoms with E-state index in [4.69, 9.17) is 16.3 Å². The number of carbonyl (C=O) groups excluding carboxylic acids is 2. The molecule has 1 aliphatic heterocycles. The lowest BCUT2D eigenvalue weighted by Crippen LogP contribution is -2.48. The van der Waals surface area contributed by atoms with Crippen LogP contribution in [0.15, 0.2) is 35.7 Å². The van der Waals surface area contributed by atoms with Gasteiger partial charge in [0.2, 0.25) is 5.91 Å². The number of carbonyl (C=O) groups is 3. The molecule has 2 N–H and O–H groups in total. The van der Waals surface area contributed by atoms with Gasteiger partial charge in [-0.15, -0.1) is 11.3 Å². The Bertz CT molecular complexity index is 943. The van der Waals surface area contributed by atoms with Gasteiger partial charge in [-0.05, 0) is 29.6 Å². The molecule has 1 fully saturated rings. The zero-order valence-electron chi connectivity index (χ0n) is 17.0. The summed E-state index contributed by atoms with van der Waals surface area (Å²) in [6.07, 6.45) is -0.180. The van der Waals surface area contributed by atoms with Gasteiger partial charge in [0.15, 0.2) is 0 Å². The normalized spacial score (nSPS) is 15.4. The van der Waals surface area contributed by atoms with Gasteiger partial charge >= 0.3 is 11.9 Å². The van der Waals surface area contributed by atoms with Crippen LogP contribution in [0.2, 0.25) is 5.02 Å². The van der Waals surface area contributed by atoms with E-state index in [0.29, 0.717) is 23.8 Å². The van der Waals surface area contributed by atoms with Gasteiger partial charge in [-0.2, -0.15) is 0 Å². The monoisotopic (exact) mass is 465 g/mol. The second-order valence-corrected chi connectivity index (χ2v) is 8.56. The van der Waals surface area contributed by atoms with Crippen LogP contribution in [0.4, 0.5) is 11.4 Å². The average Bonchev–Trinajstić information content (AvgIpc) is 3.21. The van der Waals surface area contributed by atoms with E-state index >= 15 is 0 Å². The number of hydrogen-bond donors (Lipinski definition) is 2. The van der Waals surface area contributed by atoms with E-state index in [1.807, 2.05) is 24.3 Å². The molecule has 1 atom stereocenters. The fourth-order valence-corrected chi connectivity index (χ4v) is 4.44. The maximum absolute atomic E-state index is 12.4. The van der Waals surface area contributed by atoms with E-state index in [0.717, 1.165) is 30.1 Å². The Labute approximate surface area is 189 Å². The number of esters is 1. The van der Waals surface area contributed by atoms with Gasteiger partial charge in [-0.25, -0.2) is 4.79 Å². The first-order chi connectivity index (χ1) is 14.9. The van der Waals surface area contributed by atoms with Crippen LogP contribution >= 0.6 is 22.9 Å². The molecular formula is C21H24ClN3O5S. The minimum atomic E-state index is -1.02. The lowest BCUT2D eigenvalue weighted by Gasteiger charge is -2.37. The minimum absolute atomic E-state index is 0.180. The number of thiophene rings is 1. The van der Waals surface area contributed by atoms with Crippen molar-refractivity contribution in [3.8, 4) is 0 Å². The summed E-state index contributed by atoms with van der Waals surface area (Å²) in [7, 11) is 1.26. The molecule has 0 aliphatic carbocycles. The number of nitrogens with one attached hydrogen (secondary N) is 1. The maximum atomic E-state index is 12.4. The SMILES string of the molecule is COC(=O)c1sccc1NC(=O)C[C@@H](CN1CCN(c2cccc(Cl)c2)CC1)C(=O)O. The first kappa shape index (κ1) is 23.1. The number of carboxylic acid groups (broad SMARTS) is 1. The topological polar surface area (TPSA) is 99.2 Å². The van der Waals surface area contributed by atoms with E-state index < -0.39 is 23.8 Å². The van der Waals surface area contributed by atoms with E-state index in [9.17, 15) is 19.5 Å². The number of anilines is 2. The van der Waals surface area contributed by atoms with Crippen LogP contribution < -0.4 is 10.2 Å². The van der Waals surface area contributed by atoms with Gasteiger partial charge in [0.25, 0.3) is 0 Å². The molecule has 1 saturated heterocycles. The van der Waals surface area contributed by atoms with E-state index in [2.05, 4.69) is 15.1 Å². The predicted octanol–water partition coefficient (Wildman–Crippen LogP) is 3.04. The third-order valence-corrected chi connectivity index (χ3v) is 6.24. The summed E-state index contributed by atoms with van der Waals surface area (Å²) in [4.78, 5) is 40.5. The highest BCUT2D eigenvalue weighted by Gasteiger charge is 2.27.